The van der Waals surface area contributed by atoms with Crippen molar-refractivity contribution < 1.29 is 8.42 Å². The molecule has 0 aliphatic rings. The lowest BCUT2D eigenvalue weighted by Crippen LogP contribution is -2.41. The zero-order valence-electron chi connectivity index (χ0n) is 11.8. The second-order valence-electron chi connectivity index (χ2n) is 5.26. The average Bonchev–Trinajstić information content (AvgIpc) is 2.57. The van der Waals surface area contributed by atoms with E-state index in [-0.39, 0.29) is 0 Å². The van der Waals surface area contributed by atoms with E-state index in [1.54, 1.807) is 18.5 Å². The average molecular weight is 273 g/mol. The number of hydrogen-bond donors (Lipinski definition) is 1. The van der Waals surface area contributed by atoms with E-state index in [0.29, 0.717) is 13.1 Å². The van der Waals surface area contributed by atoms with Crippen LogP contribution in [0.2, 0.25) is 0 Å². The fraction of sp³-hybridized carbons (Fsp3) is 0.750. The van der Waals surface area contributed by atoms with Crippen LogP contribution < -0.4 is 5.32 Å². The largest absolute Gasteiger partial charge is 0.311 e. The van der Waals surface area contributed by atoms with Crippen LogP contribution in [0.5, 0.6) is 0 Å². The molecule has 0 radical (unpaired) electrons. The van der Waals surface area contributed by atoms with Crippen molar-refractivity contribution >= 4 is 9.84 Å². The maximum Gasteiger partial charge on any atom is 0.153 e. The molecular weight excluding hydrogens is 250 g/mol. The Morgan fingerprint density at radius 1 is 1.44 bits per heavy atom. The molecule has 1 rings (SSSR count). The zero-order valence-corrected chi connectivity index (χ0v) is 12.6. The molecule has 0 spiro atoms. The highest BCUT2D eigenvalue weighted by Crippen LogP contribution is 2.14. The highest BCUT2D eigenvalue weighted by atomic mass is 32.2. The number of nitrogens with one attached hydrogen (secondary N) is 1. The topological polar surface area (TPSA) is 64.0 Å². The second kappa shape index (κ2) is 5.40. The van der Waals surface area contributed by atoms with Crippen LogP contribution in [0, 0.1) is 0 Å². The number of aryl methyl sites for hydroxylation is 2. The van der Waals surface area contributed by atoms with Gasteiger partial charge in [0.25, 0.3) is 0 Å². The standard InChI is InChI=1S/C12H23N3O2S/c1-6-11-10(8-15(4)14-11)7-13-9-12(2,3)18(5,16)17/h8,13H,6-7,9H2,1-5H3. The molecule has 0 aromatic carbocycles. The highest BCUT2D eigenvalue weighted by Gasteiger charge is 2.29. The summed E-state index contributed by atoms with van der Waals surface area (Å²) in [5.41, 5.74) is 2.19. The van der Waals surface area contributed by atoms with Gasteiger partial charge in [-0.25, -0.2) is 8.42 Å². The van der Waals surface area contributed by atoms with E-state index >= 15 is 0 Å². The first-order valence-electron chi connectivity index (χ1n) is 6.09. The molecule has 6 heteroatoms. The summed E-state index contributed by atoms with van der Waals surface area (Å²) in [6.45, 7) is 6.62. The highest BCUT2D eigenvalue weighted by molar-refractivity contribution is 7.92. The molecular formula is C12H23N3O2S. The minimum atomic E-state index is -3.05. The first-order chi connectivity index (χ1) is 8.17. The predicted octanol–water partition coefficient (Wildman–Crippen LogP) is 0.895. The summed E-state index contributed by atoms with van der Waals surface area (Å²) in [4.78, 5) is 0. The lowest BCUT2D eigenvalue weighted by Gasteiger charge is -2.22. The van der Waals surface area contributed by atoms with Crippen LogP contribution in [-0.2, 0) is 29.9 Å². The summed E-state index contributed by atoms with van der Waals surface area (Å²) in [5.74, 6) is 0. The van der Waals surface area contributed by atoms with Crippen molar-refractivity contribution in [3.05, 3.63) is 17.5 Å². The monoisotopic (exact) mass is 273 g/mol. The fourth-order valence-electron chi connectivity index (χ4n) is 1.66. The Hall–Kier alpha value is -0.880. The molecule has 5 nitrogen and oxygen atoms in total. The lowest BCUT2D eigenvalue weighted by atomic mass is 10.2. The molecule has 0 aliphatic heterocycles. The molecule has 0 fully saturated rings. The molecule has 104 valence electrons. The Morgan fingerprint density at radius 3 is 2.56 bits per heavy atom. The van der Waals surface area contributed by atoms with E-state index in [0.717, 1.165) is 17.7 Å². The molecule has 1 heterocycles. The SMILES string of the molecule is CCc1nn(C)cc1CNCC(C)(C)S(C)(=O)=O. The van der Waals surface area contributed by atoms with E-state index in [2.05, 4.69) is 17.3 Å². The van der Waals surface area contributed by atoms with Gasteiger partial charge in [0, 0.05) is 38.2 Å². The van der Waals surface area contributed by atoms with Crippen molar-refractivity contribution in [3.8, 4) is 0 Å². The third kappa shape index (κ3) is 3.55. The Morgan fingerprint density at radius 2 is 2.06 bits per heavy atom. The minimum absolute atomic E-state index is 0.434. The first kappa shape index (κ1) is 15.2. The summed E-state index contributed by atoms with van der Waals surface area (Å²) < 4.78 is 24.2. The van der Waals surface area contributed by atoms with Gasteiger partial charge in [-0.15, -0.1) is 0 Å². The number of nitrogens with zero attached hydrogens (tertiary/aromatic N) is 2. The molecule has 0 unspecified atom stereocenters. The smallest absolute Gasteiger partial charge is 0.153 e. The van der Waals surface area contributed by atoms with E-state index in [4.69, 9.17) is 0 Å². The van der Waals surface area contributed by atoms with Crippen LogP contribution in [0.3, 0.4) is 0 Å². The summed E-state index contributed by atoms with van der Waals surface area (Å²) in [5, 5.41) is 7.56. The van der Waals surface area contributed by atoms with Gasteiger partial charge in [-0.3, -0.25) is 4.68 Å². The number of rotatable bonds is 6. The van der Waals surface area contributed by atoms with Crippen molar-refractivity contribution in [1.29, 1.82) is 0 Å². The Labute approximate surface area is 109 Å². The third-order valence-electron chi connectivity index (χ3n) is 3.20. The fourth-order valence-corrected chi connectivity index (χ4v) is 2.02. The van der Waals surface area contributed by atoms with Crippen molar-refractivity contribution in [2.45, 2.75) is 38.5 Å². The van der Waals surface area contributed by atoms with Gasteiger partial charge < -0.3 is 5.32 Å². The number of sulfone groups is 1. The van der Waals surface area contributed by atoms with Crippen LogP contribution in [-0.4, -0.2) is 35.7 Å². The van der Waals surface area contributed by atoms with Gasteiger partial charge in [0.1, 0.15) is 0 Å². The zero-order chi connectivity index (χ0) is 14.0. The molecule has 0 bridgehead atoms. The quantitative estimate of drug-likeness (QED) is 0.836. The molecule has 1 aromatic heterocycles. The molecule has 0 saturated heterocycles. The van der Waals surface area contributed by atoms with Gasteiger partial charge in [-0.1, -0.05) is 6.92 Å². The van der Waals surface area contributed by atoms with Crippen molar-refractivity contribution in [2.24, 2.45) is 7.05 Å². The van der Waals surface area contributed by atoms with E-state index in [9.17, 15) is 8.42 Å². The third-order valence-corrected chi connectivity index (χ3v) is 5.35. The summed E-state index contributed by atoms with van der Waals surface area (Å²) in [7, 11) is -1.16. The van der Waals surface area contributed by atoms with E-state index < -0.39 is 14.6 Å². The number of hydrogen-bond acceptors (Lipinski definition) is 4. The Balaban J connectivity index is 2.62. The molecule has 1 aromatic rings. The van der Waals surface area contributed by atoms with Gasteiger partial charge in [0.05, 0.1) is 10.4 Å². The normalized spacial score (nSPS) is 12.9. The summed E-state index contributed by atoms with van der Waals surface area (Å²) in [6, 6.07) is 0. The van der Waals surface area contributed by atoms with Gasteiger partial charge in [-0.2, -0.15) is 5.10 Å². The first-order valence-corrected chi connectivity index (χ1v) is 7.98. The van der Waals surface area contributed by atoms with E-state index in [1.165, 1.54) is 6.26 Å². The van der Waals surface area contributed by atoms with Crippen LogP contribution >= 0.6 is 0 Å². The minimum Gasteiger partial charge on any atom is -0.311 e. The molecule has 0 saturated carbocycles. The van der Waals surface area contributed by atoms with Gasteiger partial charge in [0.2, 0.25) is 0 Å². The van der Waals surface area contributed by atoms with Crippen molar-refractivity contribution in [1.82, 2.24) is 15.1 Å². The van der Waals surface area contributed by atoms with Crippen LogP contribution in [0.1, 0.15) is 32.0 Å². The molecule has 18 heavy (non-hydrogen) atoms. The van der Waals surface area contributed by atoms with E-state index in [1.807, 2.05) is 13.2 Å². The second-order valence-corrected chi connectivity index (χ2v) is 7.91. The van der Waals surface area contributed by atoms with Crippen molar-refractivity contribution in [2.75, 3.05) is 12.8 Å². The number of aromatic nitrogens is 2. The van der Waals surface area contributed by atoms with Crippen LogP contribution in [0.4, 0.5) is 0 Å². The molecule has 0 aliphatic carbocycles. The Bertz CT molecular complexity index is 503. The van der Waals surface area contributed by atoms with Crippen molar-refractivity contribution in [3.63, 3.8) is 0 Å². The van der Waals surface area contributed by atoms with Gasteiger partial charge in [0.15, 0.2) is 9.84 Å². The summed E-state index contributed by atoms with van der Waals surface area (Å²) in [6.07, 6.45) is 4.13. The summed E-state index contributed by atoms with van der Waals surface area (Å²) >= 11 is 0. The van der Waals surface area contributed by atoms with Gasteiger partial charge >= 0.3 is 0 Å². The molecule has 0 amide bonds. The lowest BCUT2D eigenvalue weighted by molar-refractivity contribution is 0.521. The maximum atomic E-state index is 11.6. The maximum absolute atomic E-state index is 11.6. The van der Waals surface area contributed by atoms with Gasteiger partial charge in [-0.05, 0) is 20.3 Å². The predicted molar refractivity (Wildman–Crippen MR) is 73.2 cm³/mol. The van der Waals surface area contributed by atoms with Crippen LogP contribution in [0.15, 0.2) is 6.20 Å². The molecule has 0 atom stereocenters. The molecule has 1 N–H and O–H groups in total. The Kier molecular flexibility index (Phi) is 4.55. The van der Waals surface area contributed by atoms with Crippen LogP contribution in [0.25, 0.3) is 0 Å².